The number of thioether (sulfide) groups is 1. The molecule has 122 valence electrons. The second-order valence-corrected chi connectivity index (χ2v) is 6.44. The van der Waals surface area contributed by atoms with Crippen molar-refractivity contribution < 1.29 is 14.3 Å². The molecule has 6 nitrogen and oxygen atoms in total. The topological polar surface area (TPSA) is 71.0 Å². The van der Waals surface area contributed by atoms with Crippen LogP contribution in [-0.2, 0) is 9.59 Å². The Kier molecular flexibility index (Phi) is 4.85. The first-order chi connectivity index (χ1) is 11.2. The van der Waals surface area contributed by atoms with Crippen molar-refractivity contribution in [2.45, 2.75) is 13.3 Å². The summed E-state index contributed by atoms with van der Waals surface area (Å²) in [6.45, 7) is 3.67. The zero-order chi connectivity index (χ0) is 16.2. The van der Waals surface area contributed by atoms with E-state index in [1.54, 1.807) is 4.90 Å². The zero-order valence-electron chi connectivity index (χ0n) is 12.9. The Morgan fingerprint density at radius 2 is 2.22 bits per heavy atom. The summed E-state index contributed by atoms with van der Waals surface area (Å²) in [5, 5.41) is 3.48. The van der Waals surface area contributed by atoms with E-state index in [2.05, 4.69) is 10.3 Å². The molecule has 1 aromatic rings. The van der Waals surface area contributed by atoms with Crippen LogP contribution in [0.4, 0.5) is 5.69 Å². The first-order valence-electron chi connectivity index (χ1n) is 7.68. The Labute approximate surface area is 139 Å². The Morgan fingerprint density at radius 3 is 2.87 bits per heavy atom. The molecule has 2 amide bonds. The molecule has 0 aromatic heterocycles. The van der Waals surface area contributed by atoms with Crippen molar-refractivity contribution >= 4 is 34.4 Å². The van der Waals surface area contributed by atoms with E-state index in [0.717, 1.165) is 23.7 Å². The Morgan fingerprint density at radius 1 is 1.43 bits per heavy atom. The quantitative estimate of drug-likeness (QED) is 0.910. The van der Waals surface area contributed by atoms with Crippen LogP contribution in [0, 0.1) is 5.92 Å². The molecule has 2 aliphatic rings. The third-order valence-electron chi connectivity index (χ3n) is 3.77. The fourth-order valence-corrected chi connectivity index (χ4v) is 3.37. The van der Waals surface area contributed by atoms with Crippen molar-refractivity contribution in [2.24, 2.45) is 10.9 Å². The van der Waals surface area contributed by atoms with Gasteiger partial charge in [0.15, 0.2) is 5.17 Å². The van der Waals surface area contributed by atoms with Crippen molar-refractivity contribution in [3.63, 3.8) is 0 Å². The Bertz CT molecular complexity index is 630. The molecule has 1 N–H and O–H groups in total. The number of carbonyl (C=O) groups excluding carboxylic acids is 2. The number of nitrogens with one attached hydrogen (secondary N) is 1. The van der Waals surface area contributed by atoms with Gasteiger partial charge in [-0.1, -0.05) is 11.8 Å². The summed E-state index contributed by atoms with van der Waals surface area (Å²) in [6, 6.07) is 7.37. The van der Waals surface area contributed by atoms with E-state index in [1.807, 2.05) is 31.2 Å². The monoisotopic (exact) mass is 333 g/mol. The molecule has 0 radical (unpaired) electrons. The number of amides is 2. The minimum atomic E-state index is -0.335. The highest BCUT2D eigenvalue weighted by Gasteiger charge is 2.35. The summed E-state index contributed by atoms with van der Waals surface area (Å²) in [7, 11) is 0. The lowest BCUT2D eigenvalue weighted by molar-refractivity contribution is -0.125. The van der Waals surface area contributed by atoms with Gasteiger partial charge in [-0.05, 0) is 31.2 Å². The maximum absolute atomic E-state index is 12.3. The van der Waals surface area contributed by atoms with Gasteiger partial charge >= 0.3 is 0 Å². The number of rotatable bonds is 4. The summed E-state index contributed by atoms with van der Waals surface area (Å²) >= 11 is 1.54. The van der Waals surface area contributed by atoms with Crippen LogP contribution in [0.25, 0.3) is 0 Å². The zero-order valence-corrected chi connectivity index (χ0v) is 13.8. The van der Waals surface area contributed by atoms with Crippen molar-refractivity contribution in [3.05, 3.63) is 24.3 Å². The molecule has 1 saturated heterocycles. The maximum atomic E-state index is 12.3. The molecular weight excluding hydrogens is 314 g/mol. The molecule has 7 heteroatoms. The molecule has 1 aromatic carbocycles. The number of carbonyl (C=O) groups is 2. The molecule has 23 heavy (non-hydrogen) atoms. The molecule has 0 unspecified atom stereocenters. The number of hydrogen-bond acceptors (Lipinski definition) is 5. The first kappa shape index (κ1) is 15.9. The van der Waals surface area contributed by atoms with E-state index in [-0.39, 0.29) is 24.2 Å². The van der Waals surface area contributed by atoms with Gasteiger partial charge in [0.25, 0.3) is 0 Å². The number of ether oxygens (including phenoxy) is 1. The van der Waals surface area contributed by atoms with Gasteiger partial charge in [-0.3, -0.25) is 14.6 Å². The second kappa shape index (κ2) is 7.04. The van der Waals surface area contributed by atoms with E-state index in [1.165, 1.54) is 11.8 Å². The van der Waals surface area contributed by atoms with E-state index in [9.17, 15) is 9.59 Å². The minimum Gasteiger partial charge on any atom is -0.494 e. The number of benzene rings is 1. The SMILES string of the molecule is CCOc1ccc(N2C[C@H](C(=O)NC3=NCCS3)CC2=O)cc1. The van der Waals surface area contributed by atoms with Gasteiger partial charge in [0.05, 0.1) is 19.1 Å². The Hall–Kier alpha value is -2.02. The summed E-state index contributed by atoms with van der Waals surface area (Å²) in [6.07, 6.45) is 0.233. The number of hydrogen-bond donors (Lipinski definition) is 1. The van der Waals surface area contributed by atoms with Crippen LogP contribution >= 0.6 is 11.8 Å². The van der Waals surface area contributed by atoms with E-state index in [0.29, 0.717) is 18.3 Å². The van der Waals surface area contributed by atoms with Crippen LogP contribution < -0.4 is 15.0 Å². The predicted molar refractivity (Wildman–Crippen MR) is 91.0 cm³/mol. The molecule has 2 aliphatic heterocycles. The second-order valence-electron chi connectivity index (χ2n) is 5.36. The molecule has 0 bridgehead atoms. The van der Waals surface area contributed by atoms with Crippen molar-refractivity contribution in [3.8, 4) is 5.75 Å². The van der Waals surface area contributed by atoms with E-state index in [4.69, 9.17) is 4.74 Å². The fraction of sp³-hybridized carbons (Fsp3) is 0.438. The molecule has 1 atom stereocenters. The largest absolute Gasteiger partial charge is 0.494 e. The summed E-state index contributed by atoms with van der Waals surface area (Å²) < 4.78 is 5.40. The summed E-state index contributed by atoms with van der Waals surface area (Å²) in [5.41, 5.74) is 0.793. The lowest BCUT2D eigenvalue weighted by Gasteiger charge is -2.17. The van der Waals surface area contributed by atoms with Crippen LogP contribution in [0.5, 0.6) is 5.75 Å². The molecule has 0 saturated carbocycles. The van der Waals surface area contributed by atoms with Gasteiger partial charge < -0.3 is 15.0 Å². The van der Waals surface area contributed by atoms with Gasteiger partial charge in [0, 0.05) is 24.4 Å². The normalized spacial score (nSPS) is 20.6. The molecule has 0 aliphatic carbocycles. The molecule has 3 rings (SSSR count). The van der Waals surface area contributed by atoms with Crippen LogP contribution in [0.1, 0.15) is 13.3 Å². The number of aliphatic imine (C=N–C) groups is 1. The number of nitrogens with zero attached hydrogens (tertiary/aromatic N) is 2. The fourth-order valence-electron chi connectivity index (χ4n) is 2.64. The van der Waals surface area contributed by atoms with Crippen molar-refractivity contribution in [2.75, 3.05) is 30.3 Å². The van der Waals surface area contributed by atoms with Gasteiger partial charge in [0.2, 0.25) is 11.8 Å². The van der Waals surface area contributed by atoms with E-state index < -0.39 is 0 Å². The third-order valence-corrected chi connectivity index (χ3v) is 4.66. The van der Waals surface area contributed by atoms with Crippen LogP contribution in [-0.4, -0.2) is 42.4 Å². The van der Waals surface area contributed by atoms with Crippen LogP contribution in [0.3, 0.4) is 0 Å². The lowest BCUT2D eigenvalue weighted by atomic mass is 10.1. The summed E-state index contributed by atoms with van der Waals surface area (Å²) in [5.74, 6) is 1.18. The highest BCUT2D eigenvalue weighted by Crippen LogP contribution is 2.27. The van der Waals surface area contributed by atoms with Crippen molar-refractivity contribution in [1.29, 1.82) is 0 Å². The molecular formula is C16H19N3O3S. The van der Waals surface area contributed by atoms with Gasteiger partial charge in [-0.15, -0.1) is 0 Å². The standard InChI is InChI=1S/C16H19N3O3S/c1-2-22-13-5-3-12(4-6-13)19-10-11(9-14(19)20)15(21)18-16-17-7-8-23-16/h3-6,11H,2,7-10H2,1H3,(H,17,18,21)/t11-/m1/s1. The lowest BCUT2D eigenvalue weighted by Crippen LogP contribution is -2.35. The number of amidine groups is 1. The van der Waals surface area contributed by atoms with E-state index >= 15 is 0 Å². The molecule has 2 heterocycles. The minimum absolute atomic E-state index is 0.0321. The van der Waals surface area contributed by atoms with Crippen LogP contribution in [0.15, 0.2) is 29.3 Å². The first-order valence-corrected chi connectivity index (χ1v) is 8.67. The average molecular weight is 333 g/mol. The summed E-state index contributed by atoms with van der Waals surface area (Å²) in [4.78, 5) is 30.3. The smallest absolute Gasteiger partial charge is 0.231 e. The molecule has 0 spiro atoms. The average Bonchev–Trinajstić information content (AvgIpc) is 3.18. The van der Waals surface area contributed by atoms with Crippen molar-refractivity contribution in [1.82, 2.24) is 5.32 Å². The highest BCUT2D eigenvalue weighted by atomic mass is 32.2. The van der Waals surface area contributed by atoms with Gasteiger partial charge in [-0.25, -0.2) is 0 Å². The van der Waals surface area contributed by atoms with Crippen LogP contribution in [0.2, 0.25) is 0 Å². The maximum Gasteiger partial charge on any atom is 0.231 e. The number of anilines is 1. The predicted octanol–water partition coefficient (Wildman–Crippen LogP) is 1.66. The van der Waals surface area contributed by atoms with Gasteiger partial charge in [0.1, 0.15) is 5.75 Å². The highest BCUT2D eigenvalue weighted by molar-refractivity contribution is 8.14. The Balaban J connectivity index is 1.63. The molecule has 1 fully saturated rings. The van der Waals surface area contributed by atoms with Gasteiger partial charge in [-0.2, -0.15) is 0 Å². The third kappa shape index (κ3) is 3.67.